The Balaban J connectivity index is 2.04. The van der Waals surface area contributed by atoms with Crippen LogP contribution in [0, 0.1) is 20.8 Å². The number of rotatable bonds is 5. The topological polar surface area (TPSA) is 38.3 Å². The van der Waals surface area contributed by atoms with Gasteiger partial charge in [-0.1, -0.05) is 49.7 Å². The van der Waals surface area contributed by atoms with Crippen LogP contribution < -0.4 is 10.1 Å². The first kappa shape index (κ1) is 17.1. The van der Waals surface area contributed by atoms with Gasteiger partial charge in [0.25, 0.3) is 5.91 Å². The summed E-state index contributed by atoms with van der Waals surface area (Å²) >= 11 is 0. The molecule has 0 aliphatic heterocycles. The molecule has 0 spiro atoms. The van der Waals surface area contributed by atoms with Crippen LogP contribution in [-0.4, -0.2) is 12.5 Å². The van der Waals surface area contributed by atoms with Crippen LogP contribution >= 0.6 is 0 Å². The zero-order valence-corrected chi connectivity index (χ0v) is 14.6. The van der Waals surface area contributed by atoms with E-state index in [2.05, 4.69) is 38.2 Å². The maximum atomic E-state index is 12.2. The molecular formula is C20H25NO2. The number of benzene rings is 2. The Morgan fingerprint density at radius 1 is 1.09 bits per heavy atom. The zero-order valence-electron chi connectivity index (χ0n) is 14.6. The molecule has 0 heterocycles. The van der Waals surface area contributed by atoms with Gasteiger partial charge in [0.05, 0.1) is 0 Å². The quantitative estimate of drug-likeness (QED) is 0.865. The van der Waals surface area contributed by atoms with Gasteiger partial charge in [0.1, 0.15) is 5.75 Å². The number of carbonyl (C=O) groups excluding carboxylic acids is 1. The van der Waals surface area contributed by atoms with Gasteiger partial charge in [0.2, 0.25) is 0 Å². The molecule has 0 bridgehead atoms. The Kier molecular flexibility index (Phi) is 5.43. The number of anilines is 1. The van der Waals surface area contributed by atoms with Crippen molar-refractivity contribution in [1.82, 2.24) is 0 Å². The highest BCUT2D eigenvalue weighted by Crippen LogP contribution is 2.25. The molecule has 1 amide bonds. The minimum absolute atomic E-state index is 0.0111. The van der Waals surface area contributed by atoms with Crippen molar-refractivity contribution in [3.8, 4) is 5.75 Å². The fraction of sp³-hybridized carbons (Fsp3) is 0.350. The number of amides is 1. The van der Waals surface area contributed by atoms with Crippen molar-refractivity contribution in [2.24, 2.45) is 0 Å². The highest BCUT2D eigenvalue weighted by atomic mass is 16.5. The molecule has 0 aliphatic carbocycles. The molecule has 3 nitrogen and oxygen atoms in total. The van der Waals surface area contributed by atoms with Crippen molar-refractivity contribution in [3.63, 3.8) is 0 Å². The van der Waals surface area contributed by atoms with Crippen LogP contribution in [0.4, 0.5) is 5.69 Å². The van der Waals surface area contributed by atoms with Gasteiger partial charge in [-0.3, -0.25) is 4.79 Å². The highest BCUT2D eigenvalue weighted by Gasteiger charge is 2.11. The molecule has 2 aromatic rings. The van der Waals surface area contributed by atoms with Crippen LogP contribution in [0.15, 0.2) is 36.4 Å². The predicted octanol–water partition coefficient (Wildman–Crippen LogP) is 4.75. The van der Waals surface area contributed by atoms with E-state index >= 15 is 0 Å². The molecule has 0 unspecified atom stereocenters. The van der Waals surface area contributed by atoms with E-state index in [-0.39, 0.29) is 12.5 Å². The summed E-state index contributed by atoms with van der Waals surface area (Å²) in [6, 6.07) is 12.0. The lowest BCUT2D eigenvalue weighted by atomic mass is 10.0. The summed E-state index contributed by atoms with van der Waals surface area (Å²) in [5.74, 6) is 1.01. The van der Waals surface area contributed by atoms with Gasteiger partial charge in [-0.15, -0.1) is 0 Å². The van der Waals surface area contributed by atoms with Gasteiger partial charge >= 0.3 is 0 Å². The molecule has 23 heavy (non-hydrogen) atoms. The van der Waals surface area contributed by atoms with Crippen molar-refractivity contribution in [2.75, 3.05) is 11.9 Å². The normalized spacial score (nSPS) is 10.7. The molecule has 3 heteroatoms. The molecule has 122 valence electrons. The summed E-state index contributed by atoms with van der Waals surface area (Å²) in [5.41, 5.74) is 5.29. The second kappa shape index (κ2) is 7.32. The molecule has 0 fully saturated rings. The van der Waals surface area contributed by atoms with Gasteiger partial charge < -0.3 is 10.1 Å². The molecule has 2 rings (SSSR count). The van der Waals surface area contributed by atoms with Crippen LogP contribution in [0.2, 0.25) is 0 Å². The Bertz CT molecular complexity index is 682. The highest BCUT2D eigenvalue weighted by molar-refractivity contribution is 5.92. The third-order valence-electron chi connectivity index (χ3n) is 3.81. The third-order valence-corrected chi connectivity index (χ3v) is 3.81. The summed E-state index contributed by atoms with van der Waals surface area (Å²) in [7, 11) is 0. The average molecular weight is 311 g/mol. The summed E-state index contributed by atoms with van der Waals surface area (Å²) in [4.78, 5) is 12.2. The predicted molar refractivity (Wildman–Crippen MR) is 95.3 cm³/mol. The monoisotopic (exact) mass is 311 g/mol. The summed E-state index contributed by atoms with van der Waals surface area (Å²) < 4.78 is 5.74. The minimum atomic E-state index is -0.141. The molecule has 0 saturated carbocycles. The molecule has 2 aromatic carbocycles. The van der Waals surface area contributed by atoms with E-state index in [0.29, 0.717) is 5.92 Å². The number of aryl methyl sites for hydroxylation is 3. The van der Waals surface area contributed by atoms with Crippen molar-refractivity contribution in [2.45, 2.75) is 40.5 Å². The molecule has 0 atom stereocenters. The Morgan fingerprint density at radius 2 is 1.70 bits per heavy atom. The van der Waals surface area contributed by atoms with E-state index in [1.165, 1.54) is 5.56 Å². The smallest absolute Gasteiger partial charge is 0.262 e. The Morgan fingerprint density at radius 3 is 2.30 bits per heavy atom. The number of carbonyl (C=O) groups is 1. The van der Waals surface area contributed by atoms with E-state index in [1.54, 1.807) is 0 Å². The standard InChI is InChI=1S/C20H25NO2/c1-13(2)17-8-6-7-9-18(17)21-19(22)12-23-20-15(4)10-14(3)11-16(20)5/h6-11,13H,12H2,1-5H3,(H,21,22). The lowest BCUT2D eigenvalue weighted by Crippen LogP contribution is -2.21. The van der Waals surface area contributed by atoms with Crippen LogP contribution in [0.25, 0.3) is 0 Å². The van der Waals surface area contributed by atoms with Crippen molar-refractivity contribution in [3.05, 3.63) is 58.7 Å². The van der Waals surface area contributed by atoms with Crippen LogP contribution in [0.3, 0.4) is 0 Å². The van der Waals surface area contributed by atoms with E-state index in [4.69, 9.17) is 4.74 Å². The first-order valence-electron chi connectivity index (χ1n) is 7.98. The number of para-hydroxylation sites is 1. The van der Waals surface area contributed by atoms with Crippen molar-refractivity contribution < 1.29 is 9.53 Å². The molecule has 0 aromatic heterocycles. The summed E-state index contributed by atoms with van der Waals surface area (Å²) in [6.45, 7) is 10.3. The van der Waals surface area contributed by atoms with E-state index in [0.717, 1.165) is 28.1 Å². The van der Waals surface area contributed by atoms with Gasteiger partial charge in [-0.2, -0.15) is 0 Å². The molecule has 0 radical (unpaired) electrons. The van der Waals surface area contributed by atoms with Gasteiger partial charge in [0, 0.05) is 5.69 Å². The van der Waals surface area contributed by atoms with E-state index in [9.17, 15) is 4.79 Å². The minimum Gasteiger partial charge on any atom is -0.483 e. The maximum Gasteiger partial charge on any atom is 0.262 e. The van der Waals surface area contributed by atoms with Crippen molar-refractivity contribution in [1.29, 1.82) is 0 Å². The third kappa shape index (κ3) is 4.35. The van der Waals surface area contributed by atoms with Crippen LogP contribution in [-0.2, 0) is 4.79 Å². The molecule has 0 saturated heterocycles. The number of hydrogen-bond donors (Lipinski definition) is 1. The second-order valence-electron chi connectivity index (χ2n) is 6.31. The Labute approximate surface area is 138 Å². The number of nitrogens with one attached hydrogen (secondary N) is 1. The lowest BCUT2D eigenvalue weighted by molar-refractivity contribution is -0.118. The fourth-order valence-corrected chi connectivity index (χ4v) is 2.83. The van der Waals surface area contributed by atoms with Gasteiger partial charge in [0.15, 0.2) is 6.61 Å². The average Bonchev–Trinajstić information content (AvgIpc) is 2.46. The number of hydrogen-bond acceptors (Lipinski definition) is 2. The van der Waals surface area contributed by atoms with Crippen LogP contribution in [0.1, 0.15) is 42.0 Å². The Hall–Kier alpha value is -2.29. The summed E-state index contributed by atoms with van der Waals surface area (Å²) in [5, 5.41) is 2.95. The van der Waals surface area contributed by atoms with E-state index < -0.39 is 0 Å². The van der Waals surface area contributed by atoms with Crippen LogP contribution in [0.5, 0.6) is 5.75 Å². The maximum absolute atomic E-state index is 12.2. The van der Waals surface area contributed by atoms with E-state index in [1.807, 2.05) is 38.1 Å². The largest absolute Gasteiger partial charge is 0.483 e. The second-order valence-corrected chi connectivity index (χ2v) is 6.31. The molecule has 0 aliphatic rings. The van der Waals surface area contributed by atoms with Gasteiger partial charge in [-0.25, -0.2) is 0 Å². The fourth-order valence-electron chi connectivity index (χ4n) is 2.83. The molecular weight excluding hydrogens is 286 g/mol. The molecule has 1 N–H and O–H groups in total. The zero-order chi connectivity index (χ0) is 17.0. The number of ether oxygens (including phenoxy) is 1. The first-order valence-corrected chi connectivity index (χ1v) is 7.98. The lowest BCUT2D eigenvalue weighted by Gasteiger charge is -2.15. The van der Waals surface area contributed by atoms with Crippen molar-refractivity contribution >= 4 is 11.6 Å². The summed E-state index contributed by atoms with van der Waals surface area (Å²) in [6.07, 6.45) is 0. The SMILES string of the molecule is Cc1cc(C)c(OCC(=O)Nc2ccccc2C(C)C)c(C)c1. The first-order chi connectivity index (χ1) is 10.9. The van der Waals surface area contributed by atoms with Gasteiger partial charge in [-0.05, 0) is 49.4 Å².